The van der Waals surface area contributed by atoms with Crippen LogP contribution in [0.1, 0.15) is 43.7 Å². The lowest BCUT2D eigenvalue weighted by Gasteiger charge is -2.32. The number of anilines is 1. The summed E-state index contributed by atoms with van der Waals surface area (Å²) in [6.07, 6.45) is 9.66. The van der Waals surface area contributed by atoms with Crippen molar-refractivity contribution in [2.24, 2.45) is 5.92 Å². The molecule has 26 heavy (non-hydrogen) atoms. The van der Waals surface area contributed by atoms with Crippen LogP contribution in [0, 0.1) is 11.7 Å². The first-order valence-electron chi connectivity index (χ1n) is 9.74. The number of aromatic nitrogens is 2. The van der Waals surface area contributed by atoms with Crippen LogP contribution in [0.25, 0.3) is 0 Å². The monoisotopic (exact) mass is 356 g/mol. The zero-order valence-electron chi connectivity index (χ0n) is 15.6. The summed E-state index contributed by atoms with van der Waals surface area (Å²) in [5, 5.41) is 3.21. The fourth-order valence-electron chi connectivity index (χ4n) is 3.58. The second-order valence-corrected chi connectivity index (χ2v) is 7.25. The summed E-state index contributed by atoms with van der Waals surface area (Å²) in [6.45, 7) is 6.21. The third-order valence-corrected chi connectivity index (χ3v) is 5.00. The Bertz CT molecular complexity index is 657. The zero-order chi connectivity index (χ0) is 18.2. The molecule has 1 fully saturated rings. The number of nitrogens with zero attached hydrogens (tertiary/aromatic N) is 3. The molecule has 1 atom stereocenters. The normalized spacial score (nSPS) is 18.0. The van der Waals surface area contributed by atoms with Gasteiger partial charge in [0.2, 0.25) is 5.95 Å². The topological polar surface area (TPSA) is 41.1 Å². The molecule has 1 aliphatic heterocycles. The highest BCUT2D eigenvalue weighted by molar-refractivity contribution is 5.24. The van der Waals surface area contributed by atoms with E-state index in [1.165, 1.54) is 30.4 Å². The maximum absolute atomic E-state index is 13.0. The minimum absolute atomic E-state index is 0.157. The molecule has 1 saturated heterocycles. The lowest BCUT2D eigenvalue weighted by molar-refractivity contribution is 0.161. The van der Waals surface area contributed by atoms with Gasteiger partial charge in [-0.3, -0.25) is 4.90 Å². The number of hydrogen-bond acceptors (Lipinski definition) is 4. The van der Waals surface area contributed by atoms with Crippen LogP contribution in [-0.2, 0) is 13.0 Å². The molecular formula is C21H29FN4. The van der Waals surface area contributed by atoms with Crippen molar-refractivity contribution in [2.45, 2.75) is 45.6 Å². The quantitative estimate of drug-likeness (QED) is 0.766. The van der Waals surface area contributed by atoms with Crippen LogP contribution in [0.3, 0.4) is 0 Å². The molecule has 5 heteroatoms. The average Bonchev–Trinajstić information content (AvgIpc) is 2.67. The summed E-state index contributed by atoms with van der Waals surface area (Å²) >= 11 is 0. The van der Waals surface area contributed by atoms with Gasteiger partial charge in [0.25, 0.3) is 0 Å². The highest BCUT2D eigenvalue weighted by atomic mass is 19.1. The largest absolute Gasteiger partial charge is 0.354 e. The van der Waals surface area contributed by atoms with Gasteiger partial charge >= 0.3 is 0 Å². The molecular weight excluding hydrogens is 327 g/mol. The van der Waals surface area contributed by atoms with E-state index in [0.717, 1.165) is 39.0 Å². The lowest BCUT2D eigenvalue weighted by atomic mass is 9.91. The highest BCUT2D eigenvalue weighted by Crippen LogP contribution is 2.23. The van der Waals surface area contributed by atoms with Gasteiger partial charge in [-0.25, -0.2) is 14.4 Å². The maximum Gasteiger partial charge on any atom is 0.222 e. The second kappa shape index (κ2) is 9.62. The van der Waals surface area contributed by atoms with Gasteiger partial charge < -0.3 is 5.32 Å². The number of likely N-dealkylation sites (tertiary alicyclic amines) is 1. The van der Waals surface area contributed by atoms with Crippen molar-refractivity contribution in [1.82, 2.24) is 14.9 Å². The molecule has 1 aromatic heterocycles. The van der Waals surface area contributed by atoms with E-state index in [4.69, 9.17) is 0 Å². The first kappa shape index (κ1) is 18.8. The van der Waals surface area contributed by atoms with Crippen molar-refractivity contribution < 1.29 is 4.39 Å². The summed E-state index contributed by atoms with van der Waals surface area (Å²) in [5.74, 6) is 1.27. The third kappa shape index (κ3) is 5.77. The van der Waals surface area contributed by atoms with E-state index in [1.807, 2.05) is 24.5 Å². The number of nitrogens with one attached hydrogen (secondary N) is 1. The number of piperidine rings is 1. The molecule has 3 rings (SSSR count). The molecule has 2 heterocycles. The number of hydrogen-bond donors (Lipinski definition) is 1. The van der Waals surface area contributed by atoms with E-state index >= 15 is 0 Å². The molecule has 2 aromatic rings. The van der Waals surface area contributed by atoms with Crippen molar-refractivity contribution in [3.05, 3.63) is 53.6 Å². The standard InChI is InChI=1S/C21H29FN4/c1-2-11-23-21-24-13-19(14-25-21)16-26-12-3-4-18(15-26)6-5-17-7-9-20(22)10-8-17/h7-10,13-14,18H,2-6,11-12,15-16H2,1H3,(H,23,24,25)/t18-/m1/s1. The van der Waals surface area contributed by atoms with E-state index in [9.17, 15) is 4.39 Å². The Morgan fingerprint density at radius 2 is 1.92 bits per heavy atom. The molecule has 1 N–H and O–H groups in total. The number of halogens is 1. The van der Waals surface area contributed by atoms with Crippen LogP contribution >= 0.6 is 0 Å². The molecule has 140 valence electrons. The first-order valence-corrected chi connectivity index (χ1v) is 9.74. The number of aryl methyl sites for hydroxylation is 1. The Morgan fingerprint density at radius 3 is 2.65 bits per heavy atom. The van der Waals surface area contributed by atoms with Gasteiger partial charge in [-0.15, -0.1) is 0 Å². The van der Waals surface area contributed by atoms with E-state index in [2.05, 4.69) is 27.1 Å². The molecule has 0 spiro atoms. The minimum Gasteiger partial charge on any atom is -0.354 e. The Hall–Kier alpha value is -2.01. The second-order valence-electron chi connectivity index (χ2n) is 7.25. The summed E-state index contributed by atoms with van der Waals surface area (Å²) < 4.78 is 13.0. The van der Waals surface area contributed by atoms with Crippen molar-refractivity contribution >= 4 is 5.95 Å². The number of benzene rings is 1. The van der Waals surface area contributed by atoms with Crippen molar-refractivity contribution in [2.75, 3.05) is 25.0 Å². The predicted molar refractivity (Wildman–Crippen MR) is 104 cm³/mol. The van der Waals surface area contributed by atoms with E-state index < -0.39 is 0 Å². The minimum atomic E-state index is -0.157. The summed E-state index contributed by atoms with van der Waals surface area (Å²) in [4.78, 5) is 11.3. The Morgan fingerprint density at radius 1 is 1.15 bits per heavy atom. The highest BCUT2D eigenvalue weighted by Gasteiger charge is 2.20. The molecule has 0 amide bonds. The van der Waals surface area contributed by atoms with Crippen LogP contribution < -0.4 is 5.32 Å². The molecule has 0 radical (unpaired) electrons. The fourth-order valence-corrected chi connectivity index (χ4v) is 3.58. The maximum atomic E-state index is 13.0. The van der Waals surface area contributed by atoms with E-state index in [0.29, 0.717) is 11.9 Å². The molecule has 4 nitrogen and oxygen atoms in total. The summed E-state index contributed by atoms with van der Waals surface area (Å²) in [6, 6.07) is 6.92. The lowest BCUT2D eigenvalue weighted by Crippen LogP contribution is -2.35. The van der Waals surface area contributed by atoms with Crippen molar-refractivity contribution in [3.63, 3.8) is 0 Å². The van der Waals surface area contributed by atoms with Gasteiger partial charge in [0.1, 0.15) is 5.82 Å². The Labute approximate surface area is 155 Å². The van der Waals surface area contributed by atoms with Crippen molar-refractivity contribution in [3.8, 4) is 0 Å². The molecule has 0 aliphatic carbocycles. The molecule has 0 bridgehead atoms. The first-order chi connectivity index (χ1) is 12.7. The van der Waals surface area contributed by atoms with Gasteiger partial charge in [-0.05, 0) is 62.3 Å². The van der Waals surface area contributed by atoms with Crippen LogP contribution in [-0.4, -0.2) is 34.5 Å². The smallest absolute Gasteiger partial charge is 0.222 e. The molecule has 0 unspecified atom stereocenters. The summed E-state index contributed by atoms with van der Waals surface area (Å²) in [5.41, 5.74) is 2.40. The molecule has 1 aliphatic rings. The SMILES string of the molecule is CCCNc1ncc(CN2CCC[C@H](CCc3ccc(F)cc3)C2)cn1. The van der Waals surface area contributed by atoms with Gasteiger partial charge in [-0.1, -0.05) is 19.1 Å². The van der Waals surface area contributed by atoms with Crippen molar-refractivity contribution in [1.29, 1.82) is 0 Å². The van der Waals surface area contributed by atoms with Crippen LogP contribution in [0.15, 0.2) is 36.7 Å². The van der Waals surface area contributed by atoms with Gasteiger partial charge in [0.15, 0.2) is 0 Å². The fraction of sp³-hybridized carbons (Fsp3) is 0.524. The molecule has 1 aromatic carbocycles. The summed E-state index contributed by atoms with van der Waals surface area (Å²) in [7, 11) is 0. The predicted octanol–water partition coefficient (Wildman–Crippen LogP) is 4.28. The zero-order valence-corrected chi connectivity index (χ0v) is 15.6. The molecule has 0 saturated carbocycles. The van der Waals surface area contributed by atoms with E-state index in [-0.39, 0.29) is 5.82 Å². The van der Waals surface area contributed by atoms with E-state index in [1.54, 1.807) is 12.1 Å². The van der Waals surface area contributed by atoms with Gasteiger partial charge in [0, 0.05) is 37.6 Å². The van der Waals surface area contributed by atoms with Crippen LogP contribution in [0.2, 0.25) is 0 Å². The Kier molecular flexibility index (Phi) is 6.95. The van der Waals surface area contributed by atoms with Crippen LogP contribution in [0.4, 0.5) is 10.3 Å². The Balaban J connectivity index is 1.46. The number of rotatable bonds is 8. The third-order valence-electron chi connectivity index (χ3n) is 5.00. The average molecular weight is 356 g/mol. The van der Waals surface area contributed by atoms with Crippen LogP contribution in [0.5, 0.6) is 0 Å². The van der Waals surface area contributed by atoms with Gasteiger partial charge in [-0.2, -0.15) is 0 Å². The van der Waals surface area contributed by atoms with Gasteiger partial charge in [0.05, 0.1) is 0 Å².